The summed E-state index contributed by atoms with van der Waals surface area (Å²) in [4.78, 5) is 27.1. The van der Waals surface area contributed by atoms with Crippen molar-refractivity contribution in [3.63, 3.8) is 0 Å². The molecule has 0 aliphatic carbocycles. The van der Waals surface area contributed by atoms with Crippen LogP contribution in [0.4, 0.5) is 5.69 Å². The predicted molar refractivity (Wildman–Crippen MR) is 96.5 cm³/mol. The molecule has 3 rings (SSSR count). The van der Waals surface area contributed by atoms with Gasteiger partial charge in [0.1, 0.15) is 11.5 Å². The molecule has 8 nitrogen and oxygen atoms in total. The summed E-state index contributed by atoms with van der Waals surface area (Å²) in [5, 5.41) is 0. The highest BCUT2D eigenvalue weighted by atomic mass is 16.5. The zero-order valence-electron chi connectivity index (χ0n) is 15.0. The van der Waals surface area contributed by atoms with Crippen LogP contribution in [0.3, 0.4) is 0 Å². The fourth-order valence-electron chi connectivity index (χ4n) is 2.56. The number of rotatable bonds is 5. The summed E-state index contributed by atoms with van der Waals surface area (Å²) >= 11 is 0. The van der Waals surface area contributed by atoms with E-state index < -0.39 is 0 Å². The van der Waals surface area contributed by atoms with E-state index in [1.165, 1.54) is 25.3 Å². The van der Waals surface area contributed by atoms with Crippen molar-refractivity contribution in [3.8, 4) is 23.1 Å². The lowest BCUT2D eigenvalue weighted by molar-refractivity contribution is 0.0985. The summed E-state index contributed by atoms with van der Waals surface area (Å²) in [7, 11) is 6.53. The van der Waals surface area contributed by atoms with E-state index in [0.717, 1.165) is 0 Å². The Labute approximate surface area is 151 Å². The highest BCUT2D eigenvalue weighted by Crippen LogP contribution is 2.30. The van der Waals surface area contributed by atoms with Crippen LogP contribution < -0.4 is 14.4 Å². The van der Waals surface area contributed by atoms with Crippen molar-refractivity contribution in [1.29, 1.82) is 0 Å². The number of carbonyl (C=O) groups excluding carboxylic acids is 1. The average molecular weight is 353 g/mol. The smallest absolute Gasteiger partial charge is 0.276 e. The van der Waals surface area contributed by atoms with Crippen LogP contribution in [0.2, 0.25) is 0 Å². The first-order chi connectivity index (χ1) is 12.6. The monoisotopic (exact) mass is 353 g/mol. The van der Waals surface area contributed by atoms with E-state index >= 15 is 0 Å². The Morgan fingerprint density at radius 3 is 2.62 bits per heavy atom. The zero-order valence-corrected chi connectivity index (χ0v) is 15.0. The fourth-order valence-corrected chi connectivity index (χ4v) is 2.56. The van der Waals surface area contributed by atoms with Crippen molar-refractivity contribution in [2.75, 3.05) is 26.2 Å². The Bertz CT molecular complexity index is 924. The Balaban J connectivity index is 1.97. The van der Waals surface area contributed by atoms with Crippen molar-refractivity contribution >= 4 is 11.6 Å². The maximum atomic E-state index is 12.8. The molecular weight excluding hydrogens is 334 g/mol. The minimum atomic E-state index is -0.195. The molecule has 0 aromatic carbocycles. The van der Waals surface area contributed by atoms with Crippen molar-refractivity contribution in [1.82, 2.24) is 19.5 Å². The summed E-state index contributed by atoms with van der Waals surface area (Å²) < 4.78 is 12.2. The number of methoxy groups -OCH3 is 2. The third-order valence-electron chi connectivity index (χ3n) is 4.02. The molecule has 0 atom stereocenters. The minimum absolute atomic E-state index is 0.195. The summed E-state index contributed by atoms with van der Waals surface area (Å²) in [6, 6.07) is 7.11. The SMILES string of the molecule is COc1ccc(-c2ncc(C(=O)N(C)c3cccnc3)n2C)c(OC)n1. The van der Waals surface area contributed by atoms with E-state index in [2.05, 4.69) is 15.0 Å². The number of anilines is 1. The van der Waals surface area contributed by atoms with E-state index in [1.54, 1.807) is 49.3 Å². The molecule has 8 heteroatoms. The molecule has 0 aliphatic heterocycles. The van der Waals surface area contributed by atoms with Gasteiger partial charge in [-0.25, -0.2) is 4.98 Å². The third kappa shape index (κ3) is 3.08. The Hall–Kier alpha value is -3.42. The largest absolute Gasteiger partial charge is 0.481 e. The van der Waals surface area contributed by atoms with E-state index in [-0.39, 0.29) is 5.91 Å². The molecule has 3 heterocycles. The highest BCUT2D eigenvalue weighted by molar-refractivity contribution is 6.04. The Kier molecular flexibility index (Phi) is 4.83. The molecule has 0 unspecified atom stereocenters. The fraction of sp³-hybridized carbons (Fsp3) is 0.222. The van der Waals surface area contributed by atoms with Gasteiger partial charge in [0, 0.05) is 26.4 Å². The van der Waals surface area contributed by atoms with Gasteiger partial charge in [0.2, 0.25) is 11.8 Å². The molecule has 1 amide bonds. The minimum Gasteiger partial charge on any atom is -0.481 e. The van der Waals surface area contributed by atoms with Gasteiger partial charge in [-0.1, -0.05) is 0 Å². The number of hydrogen-bond acceptors (Lipinski definition) is 6. The number of pyridine rings is 2. The maximum absolute atomic E-state index is 12.8. The van der Waals surface area contributed by atoms with Crippen LogP contribution in [-0.4, -0.2) is 46.7 Å². The molecule has 3 aromatic heterocycles. The average Bonchev–Trinajstić information content (AvgIpc) is 3.08. The van der Waals surface area contributed by atoms with Gasteiger partial charge in [-0.05, 0) is 18.2 Å². The van der Waals surface area contributed by atoms with Crippen LogP contribution >= 0.6 is 0 Å². The van der Waals surface area contributed by atoms with E-state index in [9.17, 15) is 4.79 Å². The maximum Gasteiger partial charge on any atom is 0.276 e. The van der Waals surface area contributed by atoms with Crippen molar-refractivity contribution in [3.05, 3.63) is 48.5 Å². The number of amides is 1. The number of carbonyl (C=O) groups is 1. The number of hydrogen-bond donors (Lipinski definition) is 0. The number of aromatic nitrogens is 4. The molecule has 0 saturated heterocycles. The molecule has 0 N–H and O–H groups in total. The standard InChI is InChI=1S/C18H19N5O3/c1-22(12-6-5-9-19-10-12)18(24)14-11-20-16(23(14)2)13-7-8-15(25-3)21-17(13)26-4/h5-11H,1-4H3. The van der Waals surface area contributed by atoms with Crippen LogP contribution in [0.25, 0.3) is 11.4 Å². The predicted octanol–water partition coefficient (Wildman–Crippen LogP) is 2.17. The first-order valence-electron chi connectivity index (χ1n) is 7.86. The molecule has 0 saturated carbocycles. The lowest BCUT2D eigenvalue weighted by Gasteiger charge is -2.17. The lowest BCUT2D eigenvalue weighted by Crippen LogP contribution is -2.28. The van der Waals surface area contributed by atoms with Gasteiger partial charge >= 0.3 is 0 Å². The van der Waals surface area contributed by atoms with Gasteiger partial charge in [-0.15, -0.1) is 0 Å². The van der Waals surface area contributed by atoms with E-state index in [4.69, 9.17) is 9.47 Å². The quantitative estimate of drug-likeness (QED) is 0.699. The molecule has 26 heavy (non-hydrogen) atoms. The molecule has 0 spiro atoms. The number of nitrogens with zero attached hydrogens (tertiary/aromatic N) is 5. The summed E-state index contributed by atoms with van der Waals surface area (Å²) in [5.74, 6) is 1.18. The van der Waals surface area contributed by atoms with Crippen molar-refractivity contribution in [2.45, 2.75) is 0 Å². The Morgan fingerprint density at radius 1 is 1.15 bits per heavy atom. The second kappa shape index (κ2) is 7.22. The molecule has 0 aliphatic rings. The van der Waals surface area contributed by atoms with Gasteiger partial charge in [0.25, 0.3) is 5.91 Å². The topological polar surface area (TPSA) is 82.4 Å². The van der Waals surface area contributed by atoms with Crippen LogP contribution in [0, 0.1) is 0 Å². The van der Waals surface area contributed by atoms with Gasteiger partial charge in [0.15, 0.2) is 0 Å². The molecular formula is C18H19N5O3. The summed E-state index contributed by atoms with van der Waals surface area (Å²) in [5.41, 5.74) is 1.80. The lowest BCUT2D eigenvalue weighted by atomic mass is 10.2. The Morgan fingerprint density at radius 2 is 1.96 bits per heavy atom. The van der Waals surface area contributed by atoms with Gasteiger partial charge in [-0.3, -0.25) is 9.78 Å². The molecule has 0 bridgehead atoms. The number of ether oxygens (including phenoxy) is 2. The number of imidazole rings is 1. The van der Waals surface area contributed by atoms with E-state index in [0.29, 0.717) is 34.5 Å². The van der Waals surface area contributed by atoms with Gasteiger partial charge in [0.05, 0.1) is 37.9 Å². The second-order valence-electron chi connectivity index (χ2n) is 5.51. The summed E-state index contributed by atoms with van der Waals surface area (Å²) in [6.45, 7) is 0. The second-order valence-corrected chi connectivity index (χ2v) is 5.51. The van der Waals surface area contributed by atoms with Crippen LogP contribution in [-0.2, 0) is 7.05 Å². The van der Waals surface area contributed by atoms with Gasteiger partial charge in [-0.2, -0.15) is 4.98 Å². The first kappa shape index (κ1) is 17.4. The van der Waals surface area contributed by atoms with Crippen LogP contribution in [0.1, 0.15) is 10.5 Å². The van der Waals surface area contributed by atoms with E-state index in [1.807, 2.05) is 6.07 Å². The van der Waals surface area contributed by atoms with Gasteiger partial charge < -0.3 is 18.9 Å². The molecule has 134 valence electrons. The molecule has 3 aromatic rings. The zero-order chi connectivity index (χ0) is 18.7. The molecule has 0 fully saturated rings. The molecule has 0 radical (unpaired) electrons. The normalized spacial score (nSPS) is 10.5. The first-order valence-corrected chi connectivity index (χ1v) is 7.86. The highest BCUT2D eigenvalue weighted by Gasteiger charge is 2.22. The third-order valence-corrected chi connectivity index (χ3v) is 4.02. The van der Waals surface area contributed by atoms with Crippen molar-refractivity contribution < 1.29 is 14.3 Å². The van der Waals surface area contributed by atoms with Crippen LogP contribution in [0.15, 0.2) is 42.9 Å². The summed E-state index contributed by atoms with van der Waals surface area (Å²) in [6.07, 6.45) is 4.83. The van der Waals surface area contributed by atoms with Crippen molar-refractivity contribution in [2.24, 2.45) is 7.05 Å². The van der Waals surface area contributed by atoms with Crippen LogP contribution in [0.5, 0.6) is 11.8 Å².